The molecule has 0 spiro atoms. The van der Waals surface area contributed by atoms with Crippen LogP contribution in [0.4, 0.5) is 5.69 Å². The molecular formula is C10H12ClNO3. The fourth-order valence-electron chi connectivity index (χ4n) is 1.32. The van der Waals surface area contributed by atoms with Gasteiger partial charge in [-0.1, -0.05) is 31.0 Å². The molecule has 0 aromatic heterocycles. The minimum Gasteiger partial charge on any atom is -0.388 e. The summed E-state index contributed by atoms with van der Waals surface area (Å²) in [6, 6.07) is 4.37. The first kappa shape index (κ1) is 11.9. The molecule has 0 radical (unpaired) electrons. The zero-order valence-electron chi connectivity index (χ0n) is 8.31. The van der Waals surface area contributed by atoms with E-state index < -0.39 is 11.0 Å². The molecule has 1 aromatic rings. The summed E-state index contributed by atoms with van der Waals surface area (Å²) in [6.07, 6.45) is 0.738. The molecule has 5 heteroatoms. The first-order chi connectivity index (χ1) is 7.06. The number of benzene rings is 1. The number of nitro benzene ring substituents is 1. The van der Waals surface area contributed by atoms with Crippen molar-refractivity contribution in [2.75, 3.05) is 0 Å². The third kappa shape index (κ3) is 2.91. The monoisotopic (exact) mass is 229 g/mol. The number of aliphatic hydroxyl groups is 1. The highest BCUT2D eigenvalue weighted by Crippen LogP contribution is 2.28. The van der Waals surface area contributed by atoms with E-state index in [0.29, 0.717) is 12.0 Å². The van der Waals surface area contributed by atoms with Crippen LogP contribution < -0.4 is 0 Å². The van der Waals surface area contributed by atoms with Crippen LogP contribution in [-0.2, 0) is 0 Å². The topological polar surface area (TPSA) is 63.4 Å². The molecule has 82 valence electrons. The summed E-state index contributed by atoms with van der Waals surface area (Å²) < 4.78 is 0. The van der Waals surface area contributed by atoms with Crippen LogP contribution in [0.15, 0.2) is 18.2 Å². The molecule has 0 bridgehead atoms. The quantitative estimate of drug-likeness (QED) is 0.637. The largest absolute Gasteiger partial charge is 0.388 e. The minimum atomic E-state index is -0.661. The van der Waals surface area contributed by atoms with Gasteiger partial charge in [0.2, 0.25) is 0 Å². The number of nitro groups is 1. The van der Waals surface area contributed by atoms with Crippen LogP contribution in [0, 0.1) is 10.1 Å². The van der Waals surface area contributed by atoms with Crippen molar-refractivity contribution < 1.29 is 10.0 Å². The molecule has 0 saturated heterocycles. The Hall–Kier alpha value is -1.13. The van der Waals surface area contributed by atoms with Gasteiger partial charge in [0.15, 0.2) is 0 Å². The fourth-order valence-corrected chi connectivity index (χ4v) is 1.50. The predicted octanol–water partition coefficient (Wildman–Crippen LogP) is 3.08. The lowest BCUT2D eigenvalue weighted by Gasteiger charge is -2.09. The lowest BCUT2D eigenvalue weighted by molar-refractivity contribution is -0.384. The summed E-state index contributed by atoms with van der Waals surface area (Å²) in [4.78, 5) is 10.0. The predicted molar refractivity (Wildman–Crippen MR) is 58.0 cm³/mol. The van der Waals surface area contributed by atoms with E-state index in [-0.39, 0.29) is 10.7 Å². The van der Waals surface area contributed by atoms with Gasteiger partial charge in [0.25, 0.3) is 5.69 Å². The van der Waals surface area contributed by atoms with Gasteiger partial charge in [-0.15, -0.1) is 0 Å². The van der Waals surface area contributed by atoms with Crippen molar-refractivity contribution in [1.29, 1.82) is 0 Å². The maximum atomic E-state index is 10.6. The molecule has 4 nitrogen and oxygen atoms in total. The van der Waals surface area contributed by atoms with Crippen molar-refractivity contribution in [2.45, 2.75) is 25.9 Å². The van der Waals surface area contributed by atoms with Gasteiger partial charge >= 0.3 is 0 Å². The van der Waals surface area contributed by atoms with E-state index in [4.69, 9.17) is 11.6 Å². The molecule has 1 unspecified atom stereocenters. The van der Waals surface area contributed by atoms with Gasteiger partial charge in [-0.2, -0.15) is 0 Å². The van der Waals surface area contributed by atoms with E-state index in [0.717, 1.165) is 6.42 Å². The third-order valence-electron chi connectivity index (χ3n) is 2.11. The molecule has 0 aliphatic rings. The van der Waals surface area contributed by atoms with Crippen LogP contribution in [-0.4, -0.2) is 10.0 Å². The Balaban J connectivity index is 3.02. The molecule has 1 atom stereocenters. The SMILES string of the molecule is CCCC(O)c1ccc(Cl)c([N+](=O)[O-])c1. The second-order valence-electron chi connectivity index (χ2n) is 3.27. The molecule has 0 amide bonds. The van der Waals surface area contributed by atoms with E-state index in [1.165, 1.54) is 12.1 Å². The van der Waals surface area contributed by atoms with Crippen molar-refractivity contribution in [3.8, 4) is 0 Å². The number of hydrogen-bond acceptors (Lipinski definition) is 3. The zero-order valence-corrected chi connectivity index (χ0v) is 9.07. The highest BCUT2D eigenvalue weighted by atomic mass is 35.5. The Kier molecular flexibility index (Phi) is 4.05. The second kappa shape index (κ2) is 5.09. The van der Waals surface area contributed by atoms with Crippen LogP contribution in [0.1, 0.15) is 31.4 Å². The number of rotatable bonds is 4. The summed E-state index contributed by atoms with van der Waals surface area (Å²) in [5.74, 6) is 0. The maximum Gasteiger partial charge on any atom is 0.288 e. The molecule has 0 heterocycles. The summed E-state index contributed by atoms with van der Waals surface area (Å²) >= 11 is 5.65. The number of aliphatic hydroxyl groups excluding tert-OH is 1. The van der Waals surface area contributed by atoms with E-state index in [1.807, 2.05) is 6.92 Å². The van der Waals surface area contributed by atoms with Gasteiger partial charge in [0, 0.05) is 6.07 Å². The first-order valence-electron chi connectivity index (χ1n) is 4.68. The highest BCUT2D eigenvalue weighted by Gasteiger charge is 2.15. The summed E-state index contributed by atoms with van der Waals surface area (Å²) in [5, 5.41) is 20.3. The van der Waals surface area contributed by atoms with E-state index in [9.17, 15) is 15.2 Å². The molecular weight excluding hydrogens is 218 g/mol. The fraction of sp³-hybridized carbons (Fsp3) is 0.400. The lowest BCUT2D eigenvalue weighted by atomic mass is 10.0. The van der Waals surface area contributed by atoms with Crippen molar-refractivity contribution in [3.63, 3.8) is 0 Å². The van der Waals surface area contributed by atoms with Gasteiger partial charge < -0.3 is 5.11 Å². The Labute approximate surface area is 92.6 Å². The summed E-state index contributed by atoms with van der Waals surface area (Å²) in [6.45, 7) is 1.94. The number of nitrogens with zero attached hydrogens (tertiary/aromatic N) is 1. The molecule has 0 aliphatic heterocycles. The second-order valence-corrected chi connectivity index (χ2v) is 3.68. The van der Waals surface area contributed by atoms with Crippen molar-refractivity contribution in [2.24, 2.45) is 0 Å². The average Bonchev–Trinajstić information content (AvgIpc) is 2.18. The van der Waals surface area contributed by atoms with Gasteiger partial charge in [-0.05, 0) is 18.1 Å². The Morgan fingerprint density at radius 2 is 2.27 bits per heavy atom. The molecule has 1 aromatic carbocycles. The Morgan fingerprint density at radius 1 is 1.60 bits per heavy atom. The normalized spacial score (nSPS) is 12.5. The van der Waals surface area contributed by atoms with Crippen molar-refractivity contribution >= 4 is 17.3 Å². The van der Waals surface area contributed by atoms with E-state index in [1.54, 1.807) is 6.07 Å². The van der Waals surface area contributed by atoms with Crippen LogP contribution >= 0.6 is 11.6 Å². The molecule has 1 rings (SSSR count). The average molecular weight is 230 g/mol. The first-order valence-corrected chi connectivity index (χ1v) is 5.06. The molecule has 0 saturated carbocycles. The van der Waals surface area contributed by atoms with Gasteiger partial charge in [-0.3, -0.25) is 10.1 Å². The third-order valence-corrected chi connectivity index (χ3v) is 2.43. The number of halogens is 1. The lowest BCUT2D eigenvalue weighted by Crippen LogP contribution is -1.98. The van der Waals surface area contributed by atoms with Crippen molar-refractivity contribution in [1.82, 2.24) is 0 Å². The van der Waals surface area contributed by atoms with Crippen LogP contribution in [0.25, 0.3) is 0 Å². The molecule has 15 heavy (non-hydrogen) atoms. The standard InChI is InChI=1S/C10H12ClNO3/c1-2-3-10(13)7-4-5-8(11)9(6-7)12(14)15/h4-6,10,13H,2-3H2,1H3. The Morgan fingerprint density at radius 3 is 2.80 bits per heavy atom. The highest BCUT2D eigenvalue weighted by molar-refractivity contribution is 6.32. The molecule has 1 N–H and O–H groups in total. The van der Waals surface area contributed by atoms with Crippen LogP contribution in [0.5, 0.6) is 0 Å². The summed E-state index contributed by atoms with van der Waals surface area (Å²) in [5.41, 5.74) is 0.372. The van der Waals surface area contributed by atoms with Gasteiger partial charge in [0.1, 0.15) is 5.02 Å². The van der Waals surface area contributed by atoms with Crippen LogP contribution in [0.3, 0.4) is 0 Å². The minimum absolute atomic E-state index is 0.0902. The van der Waals surface area contributed by atoms with E-state index >= 15 is 0 Å². The number of hydrogen-bond donors (Lipinski definition) is 1. The van der Waals surface area contributed by atoms with E-state index in [2.05, 4.69) is 0 Å². The zero-order chi connectivity index (χ0) is 11.4. The maximum absolute atomic E-state index is 10.6. The molecule has 0 aliphatic carbocycles. The Bertz CT molecular complexity index is 368. The van der Waals surface area contributed by atoms with Gasteiger partial charge in [-0.25, -0.2) is 0 Å². The van der Waals surface area contributed by atoms with Crippen LogP contribution in [0.2, 0.25) is 5.02 Å². The summed E-state index contributed by atoms with van der Waals surface area (Å²) in [7, 11) is 0. The smallest absolute Gasteiger partial charge is 0.288 e. The van der Waals surface area contributed by atoms with Gasteiger partial charge in [0.05, 0.1) is 11.0 Å². The molecule has 0 fully saturated rings. The van der Waals surface area contributed by atoms with Crippen molar-refractivity contribution in [3.05, 3.63) is 38.9 Å².